The standard InChI is InChI=1S/C55H77N5/c1-6-11-16-21-26-43-31-34-57-52(35-43)49-40-59-54(37-45(49)28-23-18-13-8-3)51-42-60-55(38-47(51)30-25-20-15-10-5)50-41-58-53(36-46(50)29-24-19-14-9-4)48-39-56-33-32-44(48)27-22-17-12-7-2/h31-42H,6-30H2,1-5H3. The van der Waals surface area contributed by atoms with E-state index in [1.807, 2.05) is 18.6 Å². The zero-order valence-electron chi connectivity index (χ0n) is 38.3. The Bertz CT molecular complexity index is 1980. The molecule has 0 bridgehead atoms. The Morgan fingerprint density at radius 1 is 0.317 bits per heavy atom. The first-order valence-corrected chi connectivity index (χ1v) is 24.5. The van der Waals surface area contributed by atoms with Crippen molar-refractivity contribution >= 4 is 0 Å². The van der Waals surface area contributed by atoms with Crippen LogP contribution in [-0.2, 0) is 32.1 Å². The Kier molecular flexibility index (Phi) is 20.9. The highest BCUT2D eigenvalue weighted by molar-refractivity contribution is 5.74. The van der Waals surface area contributed by atoms with E-state index in [9.17, 15) is 0 Å². The molecule has 5 heterocycles. The third-order valence-electron chi connectivity index (χ3n) is 12.3. The van der Waals surface area contributed by atoms with Gasteiger partial charge in [-0.25, -0.2) is 0 Å². The number of hydrogen-bond acceptors (Lipinski definition) is 5. The second-order valence-electron chi connectivity index (χ2n) is 17.3. The predicted molar refractivity (Wildman–Crippen MR) is 256 cm³/mol. The van der Waals surface area contributed by atoms with Crippen LogP contribution in [0.25, 0.3) is 45.0 Å². The molecule has 5 aromatic heterocycles. The molecule has 5 nitrogen and oxygen atoms in total. The van der Waals surface area contributed by atoms with Gasteiger partial charge in [0, 0.05) is 59.4 Å². The molecule has 0 unspecified atom stereocenters. The van der Waals surface area contributed by atoms with Crippen LogP contribution in [0.1, 0.15) is 191 Å². The van der Waals surface area contributed by atoms with Crippen molar-refractivity contribution in [3.05, 3.63) is 101 Å². The van der Waals surface area contributed by atoms with E-state index in [0.29, 0.717) is 0 Å². The number of aromatic nitrogens is 5. The molecule has 0 aliphatic carbocycles. The summed E-state index contributed by atoms with van der Waals surface area (Å²) >= 11 is 0. The summed E-state index contributed by atoms with van der Waals surface area (Å²) in [6.45, 7) is 11.4. The summed E-state index contributed by atoms with van der Waals surface area (Å²) in [7, 11) is 0. The molecule has 0 fully saturated rings. The first-order valence-electron chi connectivity index (χ1n) is 24.5. The lowest BCUT2D eigenvalue weighted by Crippen LogP contribution is -2.02. The number of pyridine rings is 5. The number of hydrogen-bond donors (Lipinski definition) is 0. The van der Waals surface area contributed by atoms with Crippen molar-refractivity contribution in [2.75, 3.05) is 0 Å². The minimum absolute atomic E-state index is 1.01. The topological polar surface area (TPSA) is 64.5 Å². The van der Waals surface area contributed by atoms with Gasteiger partial charge < -0.3 is 0 Å². The Balaban J connectivity index is 1.53. The van der Waals surface area contributed by atoms with Crippen LogP contribution in [0, 0.1) is 0 Å². The fourth-order valence-corrected chi connectivity index (χ4v) is 8.62. The van der Waals surface area contributed by atoms with Crippen LogP contribution in [0.15, 0.2) is 73.6 Å². The molecule has 0 aromatic carbocycles. The third kappa shape index (κ3) is 14.4. The summed E-state index contributed by atoms with van der Waals surface area (Å²) in [6.07, 6.45) is 42.3. The molecule has 0 aliphatic rings. The van der Waals surface area contributed by atoms with Crippen LogP contribution >= 0.6 is 0 Å². The Labute approximate surface area is 365 Å². The van der Waals surface area contributed by atoms with E-state index in [1.165, 1.54) is 155 Å². The van der Waals surface area contributed by atoms with Gasteiger partial charge >= 0.3 is 0 Å². The molecule has 0 N–H and O–H groups in total. The van der Waals surface area contributed by atoms with Gasteiger partial charge in [-0.1, -0.05) is 131 Å². The summed E-state index contributed by atoms with van der Waals surface area (Å²) < 4.78 is 0. The summed E-state index contributed by atoms with van der Waals surface area (Å²) in [5.41, 5.74) is 15.6. The fraction of sp³-hybridized carbons (Fsp3) is 0.545. The lowest BCUT2D eigenvalue weighted by Gasteiger charge is -2.17. The molecule has 5 heteroatoms. The van der Waals surface area contributed by atoms with Gasteiger partial charge in [0.2, 0.25) is 0 Å². The van der Waals surface area contributed by atoms with Crippen LogP contribution < -0.4 is 0 Å². The van der Waals surface area contributed by atoms with E-state index >= 15 is 0 Å². The number of aryl methyl sites for hydroxylation is 5. The zero-order valence-corrected chi connectivity index (χ0v) is 38.3. The number of unbranched alkanes of at least 4 members (excludes halogenated alkanes) is 15. The SMILES string of the molecule is CCCCCCc1ccnc(-c2cnc(-c3cnc(-c4cnc(-c5cnccc5CCCCCC)cc4CCCCCC)cc3CCCCCC)cc2CCCCCC)c1. The number of nitrogens with zero attached hydrogens (tertiary/aromatic N) is 5. The summed E-state index contributed by atoms with van der Waals surface area (Å²) in [5.74, 6) is 0. The third-order valence-corrected chi connectivity index (χ3v) is 12.3. The van der Waals surface area contributed by atoms with Crippen molar-refractivity contribution in [1.82, 2.24) is 24.9 Å². The minimum Gasteiger partial charge on any atom is -0.264 e. The van der Waals surface area contributed by atoms with Crippen molar-refractivity contribution in [3.63, 3.8) is 0 Å². The molecule has 0 saturated carbocycles. The molecule has 5 rings (SSSR count). The predicted octanol–water partition coefficient (Wildman–Crippen LogP) is 15.9. The van der Waals surface area contributed by atoms with E-state index in [-0.39, 0.29) is 0 Å². The molecule has 0 saturated heterocycles. The van der Waals surface area contributed by atoms with Gasteiger partial charge in [0.05, 0.1) is 22.8 Å². The Morgan fingerprint density at radius 2 is 0.683 bits per heavy atom. The van der Waals surface area contributed by atoms with Crippen LogP contribution in [0.3, 0.4) is 0 Å². The molecule has 322 valence electrons. The fourth-order valence-electron chi connectivity index (χ4n) is 8.62. The van der Waals surface area contributed by atoms with E-state index in [0.717, 1.165) is 78.8 Å². The zero-order chi connectivity index (χ0) is 42.2. The molecule has 0 radical (unpaired) electrons. The molecule has 0 spiro atoms. The molecular formula is C55H77N5. The summed E-state index contributed by atoms with van der Waals surface area (Å²) in [6, 6.07) is 13.8. The van der Waals surface area contributed by atoms with Crippen molar-refractivity contribution in [2.45, 2.75) is 195 Å². The maximum atomic E-state index is 5.26. The average Bonchev–Trinajstić information content (AvgIpc) is 3.28. The van der Waals surface area contributed by atoms with Crippen LogP contribution in [0.5, 0.6) is 0 Å². The average molecular weight is 808 g/mol. The van der Waals surface area contributed by atoms with Crippen LogP contribution in [-0.4, -0.2) is 24.9 Å². The Hall–Kier alpha value is -4.25. The van der Waals surface area contributed by atoms with Crippen molar-refractivity contribution in [3.8, 4) is 45.0 Å². The second-order valence-corrected chi connectivity index (χ2v) is 17.3. The highest BCUT2D eigenvalue weighted by atomic mass is 14.8. The molecule has 0 amide bonds. The van der Waals surface area contributed by atoms with Gasteiger partial charge in [0.1, 0.15) is 0 Å². The molecule has 0 atom stereocenters. The monoisotopic (exact) mass is 808 g/mol. The van der Waals surface area contributed by atoms with Gasteiger partial charge in [0.15, 0.2) is 0 Å². The van der Waals surface area contributed by atoms with Crippen molar-refractivity contribution in [1.29, 1.82) is 0 Å². The maximum absolute atomic E-state index is 5.26. The van der Waals surface area contributed by atoms with E-state index < -0.39 is 0 Å². The van der Waals surface area contributed by atoms with Crippen LogP contribution in [0.2, 0.25) is 0 Å². The highest BCUT2D eigenvalue weighted by Crippen LogP contribution is 2.35. The van der Waals surface area contributed by atoms with E-state index in [1.54, 1.807) is 0 Å². The first-order chi connectivity index (χ1) is 29.6. The molecule has 0 aliphatic heterocycles. The van der Waals surface area contributed by atoms with E-state index in [2.05, 4.69) is 94.6 Å². The summed E-state index contributed by atoms with van der Waals surface area (Å²) in [5, 5.41) is 0. The molecule has 5 aromatic rings. The number of rotatable bonds is 29. The smallest absolute Gasteiger partial charge is 0.0723 e. The Morgan fingerprint density at radius 3 is 1.10 bits per heavy atom. The lowest BCUT2D eigenvalue weighted by atomic mass is 9.92. The normalized spacial score (nSPS) is 11.4. The van der Waals surface area contributed by atoms with Gasteiger partial charge in [-0.3, -0.25) is 24.9 Å². The van der Waals surface area contributed by atoms with E-state index in [4.69, 9.17) is 19.9 Å². The maximum Gasteiger partial charge on any atom is 0.0723 e. The van der Waals surface area contributed by atoms with Crippen molar-refractivity contribution < 1.29 is 0 Å². The largest absolute Gasteiger partial charge is 0.264 e. The second kappa shape index (κ2) is 26.9. The quantitative estimate of drug-likeness (QED) is 0.0450. The minimum atomic E-state index is 1.01. The van der Waals surface area contributed by atoms with Gasteiger partial charge in [-0.05, 0) is 128 Å². The van der Waals surface area contributed by atoms with Crippen molar-refractivity contribution in [2.24, 2.45) is 0 Å². The van der Waals surface area contributed by atoms with Gasteiger partial charge in [-0.2, -0.15) is 0 Å². The van der Waals surface area contributed by atoms with Gasteiger partial charge in [-0.15, -0.1) is 0 Å². The first kappa shape index (κ1) is 46.8. The lowest BCUT2D eigenvalue weighted by molar-refractivity contribution is 0.665. The highest BCUT2D eigenvalue weighted by Gasteiger charge is 2.18. The summed E-state index contributed by atoms with van der Waals surface area (Å²) in [4.78, 5) is 25.1. The van der Waals surface area contributed by atoms with Crippen LogP contribution in [0.4, 0.5) is 0 Å². The molecular weight excluding hydrogens is 731 g/mol. The van der Waals surface area contributed by atoms with Gasteiger partial charge in [0.25, 0.3) is 0 Å². The molecule has 60 heavy (non-hydrogen) atoms.